The third-order valence-corrected chi connectivity index (χ3v) is 6.61. The average Bonchev–Trinajstić information content (AvgIpc) is 2.87. The van der Waals surface area contributed by atoms with Crippen molar-refractivity contribution in [1.29, 1.82) is 0 Å². The number of rotatable bonds is 1. The maximum absolute atomic E-state index is 2.51. The van der Waals surface area contributed by atoms with Crippen molar-refractivity contribution in [3.8, 4) is 11.3 Å². The molecule has 0 atom stereocenters. The smallest absolute Gasteiger partial charge is 0.201 e. The highest BCUT2D eigenvalue weighted by Crippen LogP contribution is 2.48. The Labute approximate surface area is 146 Å². The average molecular weight is 320 g/mol. The number of hydrogen-bond donors (Lipinski definition) is 0. The molecule has 1 fully saturated rings. The van der Waals surface area contributed by atoms with Crippen LogP contribution in [0, 0.1) is 26.2 Å². The van der Waals surface area contributed by atoms with Crippen LogP contribution in [0.2, 0.25) is 0 Å². The van der Waals surface area contributed by atoms with Gasteiger partial charge in [0.25, 0.3) is 0 Å². The summed E-state index contributed by atoms with van der Waals surface area (Å²) in [6.45, 7) is 6.71. The molecule has 0 saturated heterocycles. The van der Waals surface area contributed by atoms with Crippen LogP contribution in [0.1, 0.15) is 59.9 Å². The summed E-state index contributed by atoms with van der Waals surface area (Å²) in [4.78, 5) is 0. The van der Waals surface area contributed by atoms with E-state index in [1.54, 1.807) is 11.1 Å². The van der Waals surface area contributed by atoms with Gasteiger partial charge in [-0.1, -0.05) is 25.3 Å². The first-order valence-corrected chi connectivity index (χ1v) is 9.57. The molecule has 126 valence electrons. The van der Waals surface area contributed by atoms with E-state index in [4.69, 9.17) is 0 Å². The summed E-state index contributed by atoms with van der Waals surface area (Å²) < 4.78 is 2.29. The van der Waals surface area contributed by atoms with Gasteiger partial charge in [-0.15, -0.1) is 0 Å². The predicted octanol–water partition coefficient (Wildman–Crippen LogP) is 5.15. The fourth-order valence-electron chi connectivity index (χ4n) is 5.09. The molecule has 0 aliphatic heterocycles. The van der Waals surface area contributed by atoms with E-state index >= 15 is 0 Å². The molecule has 2 aliphatic rings. The van der Waals surface area contributed by atoms with Crippen molar-refractivity contribution < 1.29 is 4.57 Å². The summed E-state index contributed by atoms with van der Waals surface area (Å²) in [7, 11) is 2.18. The molecule has 1 saturated carbocycles. The van der Waals surface area contributed by atoms with Gasteiger partial charge in [0.05, 0.1) is 0 Å². The minimum atomic E-state index is 0.594. The van der Waals surface area contributed by atoms with E-state index in [-0.39, 0.29) is 0 Å². The first-order chi connectivity index (χ1) is 11.5. The van der Waals surface area contributed by atoms with Crippen molar-refractivity contribution in [2.45, 2.75) is 65.7 Å². The van der Waals surface area contributed by atoms with Crippen molar-refractivity contribution in [3.05, 3.63) is 52.2 Å². The second-order valence-corrected chi connectivity index (χ2v) is 8.49. The van der Waals surface area contributed by atoms with Crippen LogP contribution in [-0.2, 0) is 19.9 Å². The largest absolute Gasteiger partial charge is 0.212 e. The monoisotopic (exact) mass is 320 g/mol. The lowest BCUT2D eigenvalue weighted by Gasteiger charge is -2.33. The highest BCUT2D eigenvalue weighted by Gasteiger charge is 2.38. The fraction of sp³-hybridized carbons (Fsp3) is 0.522. The highest BCUT2D eigenvalue weighted by atomic mass is 14.9. The van der Waals surface area contributed by atoms with Crippen LogP contribution >= 0.6 is 0 Å². The number of aromatic nitrogens is 1. The number of pyridine rings is 1. The van der Waals surface area contributed by atoms with Gasteiger partial charge >= 0.3 is 0 Å². The van der Waals surface area contributed by atoms with Crippen LogP contribution in [-0.4, -0.2) is 0 Å². The summed E-state index contributed by atoms with van der Waals surface area (Å²) in [6.07, 6.45) is 12.1. The summed E-state index contributed by atoms with van der Waals surface area (Å²) in [5.41, 5.74) is 10.8. The highest BCUT2D eigenvalue weighted by molar-refractivity contribution is 5.65. The number of benzene rings is 1. The van der Waals surface area contributed by atoms with Gasteiger partial charge in [-0.25, -0.2) is 4.57 Å². The normalized spacial score (nSPS) is 18.8. The van der Waals surface area contributed by atoms with Gasteiger partial charge in [-0.2, -0.15) is 0 Å². The third-order valence-electron chi connectivity index (χ3n) is 6.61. The minimum absolute atomic E-state index is 0.594. The van der Waals surface area contributed by atoms with Gasteiger partial charge in [0, 0.05) is 17.2 Å². The Morgan fingerprint density at radius 2 is 1.46 bits per heavy atom. The minimum Gasteiger partial charge on any atom is -0.201 e. The molecule has 1 heterocycles. The summed E-state index contributed by atoms with van der Waals surface area (Å²) in [5, 5.41) is 0. The molecule has 0 radical (unpaired) electrons. The second kappa shape index (κ2) is 5.72. The molecule has 4 rings (SSSR count). The fourth-order valence-corrected chi connectivity index (χ4v) is 5.09. The van der Waals surface area contributed by atoms with Crippen LogP contribution in [0.4, 0.5) is 0 Å². The Hall–Kier alpha value is -1.63. The Kier molecular flexibility index (Phi) is 3.78. The molecule has 2 aromatic rings. The predicted molar refractivity (Wildman–Crippen MR) is 100 cm³/mol. The van der Waals surface area contributed by atoms with Crippen molar-refractivity contribution in [2.24, 2.45) is 12.5 Å². The van der Waals surface area contributed by atoms with Gasteiger partial charge < -0.3 is 0 Å². The van der Waals surface area contributed by atoms with E-state index in [0.29, 0.717) is 5.41 Å². The maximum atomic E-state index is 2.51. The Balaban J connectivity index is 1.76. The zero-order chi connectivity index (χ0) is 16.9. The standard InChI is InChI=1S/C23H30N/c1-16-11-22(24(4)15-18(16)3)21-12-20-14-23(8-6-5-7-9-23)13-19(20)10-17(21)2/h10-12,15H,5-9,13-14H2,1-4H3/q+1. The van der Waals surface area contributed by atoms with E-state index in [9.17, 15) is 0 Å². The zero-order valence-electron chi connectivity index (χ0n) is 15.7. The lowest BCUT2D eigenvalue weighted by Crippen LogP contribution is -2.31. The number of hydrogen-bond acceptors (Lipinski definition) is 0. The van der Waals surface area contributed by atoms with Gasteiger partial charge in [-0.05, 0) is 80.2 Å². The topological polar surface area (TPSA) is 3.88 Å². The van der Waals surface area contributed by atoms with Crippen molar-refractivity contribution >= 4 is 0 Å². The molecular weight excluding hydrogens is 290 g/mol. The number of fused-ring (bicyclic) bond motifs is 1. The summed E-state index contributed by atoms with van der Waals surface area (Å²) in [5.74, 6) is 0. The van der Waals surface area contributed by atoms with Crippen LogP contribution < -0.4 is 4.57 Å². The van der Waals surface area contributed by atoms with E-state index in [1.165, 1.54) is 72.9 Å². The van der Waals surface area contributed by atoms with Crippen LogP contribution in [0.3, 0.4) is 0 Å². The first kappa shape index (κ1) is 15.9. The Bertz CT molecular complexity index is 794. The lowest BCUT2D eigenvalue weighted by atomic mass is 9.72. The zero-order valence-corrected chi connectivity index (χ0v) is 15.7. The summed E-state index contributed by atoms with van der Waals surface area (Å²) >= 11 is 0. The van der Waals surface area contributed by atoms with Crippen LogP contribution in [0.5, 0.6) is 0 Å². The van der Waals surface area contributed by atoms with Gasteiger partial charge in [0.2, 0.25) is 5.69 Å². The molecule has 1 nitrogen and oxygen atoms in total. The van der Waals surface area contributed by atoms with Gasteiger partial charge in [-0.3, -0.25) is 0 Å². The lowest BCUT2D eigenvalue weighted by molar-refractivity contribution is -0.660. The van der Waals surface area contributed by atoms with Gasteiger partial charge in [0.15, 0.2) is 6.20 Å². The van der Waals surface area contributed by atoms with Crippen molar-refractivity contribution in [3.63, 3.8) is 0 Å². The number of nitrogens with zero attached hydrogens (tertiary/aromatic N) is 1. The summed E-state index contributed by atoms with van der Waals surface area (Å²) in [6, 6.07) is 7.36. The molecule has 0 bridgehead atoms. The maximum Gasteiger partial charge on any atom is 0.212 e. The van der Waals surface area contributed by atoms with E-state index < -0.39 is 0 Å². The molecule has 1 aromatic heterocycles. The molecule has 2 aliphatic carbocycles. The first-order valence-electron chi connectivity index (χ1n) is 9.57. The quantitative estimate of drug-likeness (QED) is 0.640. The number of aryl methyl sites for hydroxylation is 4. The SMILES string of the molecule is Cc1cc(-c2cc3c(cc2C)CC2(CCCCC2)C3)[n+](C)cc1C. The third kappa shape index (κ3) is 2.59. The van der Waals surface area contributed by atoms with Crippen molar-refractivity contribution in [2.75, 3.05) is 0 Å². The Morgan fingerprint density at radius 3 is 2.17 bits per heavy atom. The second-order valence-electron chi connectivity index (χ2n) is 8.49. The van der Waals surface area contributed by atoms with Crippen LogP contribution in [0.15, 0.2) is 24.4 Å². The molecule has 0 N–H and O–H groups in total. The molecule has 1 spiro atoms. The molecule has 1 aromatic carbocycles. The van der Waals surface area contributed by atoms with E-state index in [2.05, 4.69) is 56.8 Å². The molecular formula is C23H30N+. The molecule has 1 heteroatoms. The molecule has 0 amide bonds. The van der Waals surface area contributed by atoms with E-state index in [0.717, 1.165) is 0 Å². The molecule has 0 unspecified atom stereocenters. The Morgan fingerprint density at radius 1 is 0.792 bits per heavy atom. The van der Waals surface area contributed by atoms with Crippen molar-refractivity contribution in [1.82, 2.24) is 0 Å². The van der Waals surface area contributed by atoms with E-state index in [1.807, 2.05) is 0 Å². The van der Waals surface area contributed by atoms with Gasteiger partial charge in [0.1, 0.15) is 7.05 Å². The molecule has 24 heavy (non-hydrogen) atoms. The van der Waals surface area contributed by atoms with Crippen LogP contribution in [0.25, 0.3) is 11.3 Å².